The first-order valence-electron chi connectivity index (χ1n) is 7.19. The van der Waals surface area contributed by atoms with Gasteiger partial charge in [0.1, 0.15) is 0 Å². The molecule has 0 aromatic heterocycles. The Morgan fingerprint density at radius 2 is 1.76 bits per heavy atom. The number of ether oxygens (including phenoxy) is 1. The van der Waals surface area contributed by atoms with Gasteiger partial charge in [-0.25, -0.2) is 8.42 Å². The lowest BCUT2D eigenvalue weighted by molar-refractivity contribution is 0.0632. The molecule has 2 N–H and O–H groups in total. The molecule has 6 heteroatoms. The first-order chi connectivity index (χ1) is 9.76. The van der Waals surface area contributed by atoms with Gasteiger partial charge in [-0.2, -0.15) is 4.31 Å². The van der Waals surface area contributed by atoms with E-state index in [0.717, 1.165) is 24.0 Å². The zero-order chi connectivity index (χ0) is 15.8. The third kappa shape index (κ3) is 2.93. The van der Waals surface area contributed by atoms with Crippen LogP contribution in [0, 0.1) is 20.8 Å². The molecule has 2 rings (SSSR count). The van der Waals surface area contributed by atoms with Gasteiger partial charge >= 0.3 is 0 Å². The number of hydrogen-bond donors (Lipinski definition) is 1. The molecule has 0 bridgehead atoms. The maximum atomic E-state index is 13.0. The summed E-state index contributed by atoms with van der Waals surface area (Å²) in [7, 11) is -1.89. The zero-order valence-corrected chi connectivity index (χ0v) is 14.0. The van der Waals surface area contributed by atoms with E-state index in [1.165, 1.54) is 4.31 Å². The maximum Gasteiger partial charge on any atom is 0.243 e. The maximum absolute atomic E-state index is 13.0. The zero-order valence-electron chi connectivity index (χ0n) is 13.1. The van der Waals surface area contributed by atoms with Crippen LogP contribution in [0.4, 0.5) is 5.69 Å². The Morgan fingerprint density at radius 3 is 2.33 bits per heavy atom. The summed E-state index contributed by atoms with van der Waals surface area (Å²) in [5.74, 6) is 0. The molecule has 0 spiro atoms. The van der Waals surface area contributed by atoms with Crippen LogP contribution in [0.25, 0.3) is 0 Å². The average molecular weight is 312 g/mol. The fourth-order valence-electron chi connectivity index (χ4n) is 2.97. The summed E-state index contributed by atoms with van der Waals surface area (Å²) in [6.07, 6.45) is 1.46. The number of anilines is 1. The number of nitrogen functional groups attached to an aromatic ring is 1. The van der Waals surface area contributed by atoms with Crippen molar-refractivity contribution in [2.24, 2.45) is 0 Å². The molecular weight excluding hydrogens is 288 g/mol. The molecule has 1 aliphatic rings. The lowest BCUT2D eigenvalue weighted by Gasteiger charge is -2.31. The van der Waals surface area contributed by atoms with Gasteiger partial charge in [-0.3, -0.25) is 0 Å². The molecule has 0 saturated carbocycles. The number of hydrogen-bond acceptors (Lipinski definition) is 4. The molecule has 0 atom stereocenters. The van der Waals surface area contributed by atoms with Crippen LogP contribution in [0.5, 0.6) is 0 Å². The molecule has 118 valence electrons. The second-order valence-corrected chi connectivity index (χ2v) is 7.68. The van der Waals surface area contributed by atoms with Gasteiger partial charge in [-0.05, 0) is 50.3 Å². The van der Waals surface area contributed by atoms with Crippen LogP contribution in [0.15, 0.2) is 11.0 Å². The number of nitrogens with two attached hydrogens (primary N) is 1. The Balaban J connectivity index is 2.46. The summed E-state index contributed by atoms with van der Waals surface area (Å²) in [5.41, 5.74) is 8.89. The standard InChI is InChI=1S/C15H24N2O3S/c1-10-9-11(2)15(12(3)14(10)16)21(18,19)17(4)13-5-7-20-8-6-13/h9,13H,5-8,16H2,1-4H3. The highest BCUT2D eigenvalue weighted by Crippen LogP contribution is 2.31. The Morgan fingerprint density at radius 1 is 1.19 bits per heavy atom. The van der Waals surface area contributed by atoms with Crippen molar-refractivity contribution in [3.8, 4) is 0 Å². The highest BCUT2D eigenvalue weighted by molar-refractivity contribution is 7.89. The topological polar surface area (TPSA) is 72.6 Å². The summed E-state index contributed by atoms with van der Waals surface area (Å²) in [6, 6.07) is 1.83. The fourth-order valence-corrected chi connectivity index (χ4v) is 4.82. The minimum Gasteiger partial charge on any atom is -0.398 e. The Kier molecular flexibility index (Phi) is 4.60. The molecule has 5 nitrogen and oxygen atoms in total. The van der Waals surface area contributed by atoms with Crippen LogP contribution in [-0.4, -0.2) is 39.0 Å². The van der Waals surface area contributed by atoms with E-state index in [4.69, 9.17) is 10.5 Å². The van der Waals surface area contributed by atoms with Crippen molar-refractivity contribution in [2.75, 3.05) is 26.0 Å². The first kappa shape index (κ1) is 16.3. The van der Waals surface area contributed by atoms with Crippen molar-refractivity contribution in [1.82, 2.24) is 4.31 Å². The van der Waals surface area contributed by atoms with Crippen molar-refractivity contribution in [1.29, 1.82) is 0 Å². The highest BCUT2D eigenvalue weighted by Gasteiger charge is 2.32. The Labute approximate surface area is 127 Å². The molecule has 1 aliphatic heterocycles. The summed E-state index contributed by atoms with van der Waals surface area (Å²) in [5, 5.41) is 0. The van der Waals surface area contributed by atoms with Crippen molar-refractivity contribution in [2.45, 2.75) is 44.6 Å². The third-order valence-corrected chi connectivity index (χ3v) is 6.50. The number of rotatable bonds is 3. The van der Waals surface area contributed by atoms with E-state index in [9.17, 15) is 8.42 Å². The lowest BCUT2D eigenvalue weighted by Crippen LogP contribution is -2.41. The van der Waals surface area contributed by atoms with E-state index in [2.05, 4.69) is 0 Å². The molecule has 1 fully saturated rings. The second-order valence-electron chi connectivity index (χ2n) is 5.74. The minimum atomic E-state index is -3.54. The van der Waals surface area contributed by atoms with E-state index in [-0.39, 0.29) is 6.04 Å². The third-order valence-electron chi connectivity index (χ3n) is 4.30. The quantitative estimate of drug-likeness (QED) is 0.866. The minimum absolute atomic E-state index is 0.00919. The number of sulfonamides is 1. The number of nitrogens with zero attached hydrogens (tertiary/aromatic N) is 1. The van der Waals surface area contributed by atoms with E-state index < -0.39 is 10.0 Å². The molecule has 0 unspecified atom stereocenters. The van der Waals surface area contributed by atoms with Crippen LogP contribution >= 0.6 is 0 Å². The molecule has 1 aromatic rings. The number of benzene rings is 1. The van der Waals surface area contributed by atoms with Crippen LogP contribution < -0.4 is 5.73 Å². The summed E-state index contributed by atoms with van der Waals surface area (Å²) < 4.78 is 32.7. The van der Waals surface area contributed by atoms with Crippen molar-refractivity contribution in [3.05, 3.63) is 22.8 Å². The molecule has 0 amide bonds. The second kappa shape index (κ2) is 5.94. The molecule has 21 heavy (non-hydrogen) atoms. The lowest BCUT2D eigenvalue weighted by atomic mass is 10.1. The summed E-state index contributed by atoms with van der Waals surface area (Å²) in [6.45, 7) is 6.72. The van der Waals surface area contributed by atoms with Gasteiger partial charge in [0.2, 0.25) is 10.0 Å². The predicted octanol–water partition coefficient (Wildman–Crippen LogP) is 1.99. The van der Waals surface area contributed by atoms with Crippen LogP contribution in [0.2, 0.25) is 0 Å². The van der Waals surface area contributed by atoms with E-state index >= 15 is 0 Å². The highest BCUT2D eigenvalue weighted by atomic mass is 32.2. The SMILES string of the molecule is Cc1cc(C)c(S(=O)(=O)N(C)C2CCOCC2)c(C)c1N. The molecule has 1 saturated heterocycles. The molecule has 1 heterocycles. The first-order valence-corrected chi connectivity index (χ1v) is 8.63. The van der Waals surface area contributed by atoms with E-state index in [1.54, 1.807) is 14.0 Å². The largest absolute Gasteiger partial charge is 0.398 e. The monoisotopic (exact) mass is 312 g/mol. The Bertz CT molecular complexity index is 635. The van der Waals surface area contributed by atoms with Crippen molar-refractivity contribution < 1.29 is 13.2 Å². The van der Waals surface area contributed by atoms with Gasteiger partial charge in [0.25, 0.3) is 0 Å². The normalized spacial score (nSPS) is 17.4. The van der Waals surface area contributed by atoms with Crippen LogP contribution in [0.3, 0.4) is 0 Å². The van der Waals surface area contributed by atoms with E-state index in [1.807, 2.05) is 19.9 Å². The van der Waals surface area contributed by atoms with Crippen LogP contribution in [0.1, 0.15) is 29.5 Å². The molecular formula is C15H24N2O3S. The fraction of sp³-hybridized carbons (Fsp3) is 0.600. The number of aryl methyl sites for hydroxylation is 2. The molecule has 0 aliphatic carbocycles. The summed E-state index contributed by atoms with van der Waals surface area (Å²) >= 11 is 0. The summed E-state index contributed by atoms with van der Waals surface area (Å²) in [4.78, 5) is 0.347. The Hall–Kier alpha value is -1.11. The van der Waals surface area contributed by atoms with E-state index in [0.29, 0.717) is 29.4 Å². The average Bonchev–Trinajstić information content (AvgIpc) is 2.44. The van der Waals surface area contributed by atoms with Gasteiger partial charge in [0, 0.05) is 32.0 Å². The molecule has 1 aromatic carbocycles. The van der Waals surface area contributed by atoms with Gasteiger partial charge < -0.3 is 10.5 Å². The molecule has 0 radical (unpaired) electrons. The van der Waals surface area contributed by atoms with Crippen molar-refractivity contribution >= 4 is 15.7 Å². The smallest absolute Gasteiger partial charge is 0.243 e. The van der Waals surface area contributed by atoms with Gasteiger partial charge in [-0.1, -0.05) is 6.07 Å². The van der Waals surface area contributed by atoms with Gasteiger partial charge in [0.05, 0.1) is 4.90 Å². The van der Waals surface area contributed by atoms with Crippen molar-refractivity contribution in [3.63, 3.8) is 0 Å². The van der Waals surface area contributed by atoms with Gasteiger partial charge in [-0.15, -0.1) is 0 Å². The predicted molar refractivity (Wildman–Crippen MR) is 83.9 cm³/mol. The van der Waals surface area contributed by atoms with Gasteiger partial charge in [0.15, 0.2) is 0 Å². The van der Waals surface area contributed by atoms with Crippen LogP contribution in [-0.2, 0) is 14.8 Å².